The molecular weight excluding hydrogens is 469 g/mol. The van der Waals surface area contributed by atoms with Crippen LogP contribution < -0.4 is 15.0 Å². The van der Waals surface area contributed by atoms with Gasteiger partial charge in [-0.25, -0.2) is 4.39 Å². The molecule has 3 aromatic carbocycles. The van der Waals surface area contributed by atoms with Crippen LogP contribution in [0.4, 0.5) is 10.1 Å². The first-order chi connectivity index (χ1) is 18.0. The van der Waals surface area contributed by atoms with E-state index in [9.17, 15) is 14.0 Å². The van der Waals surface area contributed by atoms with Crippen LogP contribution in [0.3, 0.4) is 0 Å². The molecule has 4 rings (SSSR count). The molecule has 0 atom stereocenters. The summed E-state index contributed by atoms with van der Waals surface area (Å²) >= 11 is 0. The number of anilines is 1. The van der Waals surface area contributed by atoms with E-state index >= 15 is 0 Å². The molecule has 1 heterocycles. The van der Waals surface area contributed by atoms with E-state index in [2.05, 4.69) is 10.3 Å². The van der Waals surface area contributed by atoms with Gasteiger partial charge >= 0.3 is 0 Å². The van der Waals surface area contributed by atoms with Gasteiger partial charge in [0.2, 0.25) is 5.91 Å². The fraction of sp³-hybridized carbons (Fsp3) is 0.167. The van der Waals surface area contributed by atoms with Gasteiger partial charge in [-0.05, 0) is 65.7 Å². The molecule has 37 heavy (non-hydrogen) atoms. The third-order valence-corrected chi connectivity index (χ3v) is 5.86. The zero-order valence-electron chi connectivity index (χ0n) is 20.6. The van der Waals surface area contributed by atoms with E-state index in [-0.39, 0.29) is 30.3 Å². The van der Waals surface area contributed by atoms with Crippen LogP contribution in [-0.4, -0.2) is 30.5 Å². The number of methoxy groups -OCH3 is 1. The molecule has 1 aromatic heterocycles. The SMILES string of the molecule is COc1ccc(CN(C(=O)c2cccc(F)c2)c2ccc(CC(=O)NCCc3ccccn3)cc2)cc1. The van der Waals surface area contributed by atoms with Crippen molar-refractivity contribution in [2.45, 2.75) is 19.4 Å². The van der Waals surface area contributed by atoms with E-state index < -0.39 is 5.82 Å². The summed E-state index contributed by atoms with van der Waals surface area (Å²) in [4.78, 5) is 31.6. The molecule has 0 fully saturated rings. The summed E-state index contributed by atoms with van der Waals surface area (Å²) in [5.74, 6) is -0.168. The number of benzene rings is 3. The monoisotopic (exact) mass is 497 g/mol. The van der Waals surface area contributed by atoms with Gasteiger partial charge in [0.05, 0.1) is 20.1 Å². The lowest BCUT2D eigenvalue weighted by molar-refractivity contribution is -0.120. The number of carbonyl (C=O) groups excluding carboxylic acids is 2. The summed E-state index contributed by atoms with van der Waals surface area (Å²) in [7, 11) is 1.59. The maximum absolute atomic E-state index is 13.8. The van der Waals surface area contributed by atoms with Gasteiger partial charge < -0.3 is 15.0 Å². The summed E-state index contributed by atoms with van der Waals surface area (Å²) in [5, 5.41) is 2.91. The van der Waals surface area contributed by atoms with Crippen molar-refractivity contribution in [2.24, 2.45) is 0 Å². The van der Waals surface area contributed by atoms with Crippen molar-refractivity contribution in [3.05, 3.63) is 125 Å². The fourth-order valence-electron chi connectivity index (χ4n) is 3.89. The maximum atomic E-state index is 13.8. The molecule has 2 amide bonds. The number of ether oxygens (including phenoxy) is 1. The molecule has 0 aliphatic heterocycles. The Labute approximate surface area is 215 Å². The fourth-order valence-corrected chi connectivity index (χ4v) is 3.89. The number of nitrogens with zero attached hydrogens (tertiary/aromatic N) is 2. The molecule has 1 N–H and O–H groups in total. The lowest BCUT2D eigenvalue weighted by Crippen LogP contribution is -2.30. The molecular formula is C30H28FN3O3. The van der Waals surface area contributed by atoms with Crippen molar-refractivity contribution in [1.29, 1.82) is 0 Å². The summed E-state index contributed by atoms with van der Waals surface area (Å²) < 4.78 is 19.1. The number of halogens is 1. The summed E-state index contributed by atoms with van der Waals surface area (Å²) in [6.07, 6.45) is 2.61. The highest BCUT2D eigenvalue weighted by Crippen LogP contribution is 2.23. The smallest absolute Gasteiger partial charge is 0.258 e. The second-order valence-corrected chi connectivity index (χ2v) is 8.51. The lowest BCUT2D eigenvalue weighted by atomic mass is 10.1. The van der Waals surface area contributed by atoms with Crippen LogP contribution in [0.15, 0.2) is 97.2 Å². The van der Waals surface area contributed by atoms with Gasteiger partial charge in [0.1, 0.15) is 11.6 Å². The van der Waals surface area contributed by atoms with E-state index in [0.29, 0.717) is 18.7 Å². The Morgan fingerprint density at radius 3 is 2.35 bits per heavy atom. The van der Waals surface area contributed by atoms with Gasteiger partial charge in [-0.15, -0.1) is 0 Å². The standard InChI is InChI=1S/C30H28FN3O3/c1-37-28-14-10-23(11-15-28)21-34(30(36)24-5-4-6-25(31)20-24)27-12-8-22(9-13-27)19-29(35)33-18-16-26-7-2-3-17-32-26/h2-15,17,20H,16,18-19,21H2,1H3,(H,33,35). The lowest BCUT2D eigenvalue weighted by Gasteiger charge is -2.24. The van der Waals surface area contributed by atoms with Gasteiger partial charge in [0, 0.05) is 36.1 Å². The van der Waals surface area contributed by atoms with Crippen molar-refractivity contribution in [3.63, 3.8) is 0 Å². The number of nitrogens with one attached hydrogen (secondary N) is 1. The van der Waals surface area contributed by atoms with Crippen molar-refractivity contribution >= 4 is 17.5 Å². The topological polar surface area (TPSA) is 71.5 Å². The largest absolute Gasteiger partial charge is 0.497 e. The highest BCUT2D eigenvalue weighted by Gasteiger charge is 2.19. The molecule has 0 saturated heterocycles. The predicted octanol–water partition coefficient (Wildman–Crippen LogP) is 4.98. The molecule has 188 valence electrons. The molecule has 0 unspecified atom stereocenters. The van der Waals surface area contributed by atoms with Crippen LogP contribution in [0.5, 0.6) is 5.75 Å². The second-order valence-electron chi connectivity index (χ2n) is 8.51. The van der Waals surface area contributed by atoms with E-state index in [0.717, 1.165) is 22.6 Å². The Hall–Kier alpha value is -4.52. The van der Waals surface area contributed by atoms with Gasteiger partial charge in [0.25, 0.3) is 5.91 Å². The average molecular weight is 498 g/mol. The van der Waals surface area contributed by atoms with Crippen molar-refractivity contribution < 1.29 is 18.7 Å². The van der Waals surface area contributed by atoms with Crippen molar-refractivity contribution in [1.82, 2.24) is 10.3 Å². The van der Waals surface area contributed by atoms with Gasteiger partial charge in [0.15, 0.2) is 0 Å². The Kier molecular flexibility index (Phi) is 8.60. The first kappa shape index (κ1) is 25.6. The van der Waals surface area contributed by atoms with Crippen LogP contribution in [0, 0.1) is 5.82 Å². The Bertz CT molecular complexity index is 1330. The van der Waals surface area contributed by atoms with E-state index in [1.165, 1.54) is 18.2 Å². The van der Waals surface area contributed by atoms with Gasteiger partial charge in [-0.3, -0.25) is 14.6 Å². The third-order valence-electron chi connectivity index (χ3n) is 5.86. The highest BCUT2D eigenvalue weighted by molar-refractivity contribution is 6.06. The van der Waals surface area contributed by atoms with E-state index in [1.54, 1.807) is 36.4 Å². The number of hydrogen-bond acceptors (Lipinski definition) is 4. The summed E-state index contributed by atoms with van der Waals surface area (Å²) in [5.41, 5.74) is 3.53. The van der Waals surface area contributed by atoms with Gasteiger partial charge in [-0.1, -0.05) is 36.4 Å². The molecule has 0 saturated carbocycles. The Morgan fingerprint density at radius 2 is 1.68 bits per heavy atom. The third kappa shape index (κ3) is 7.24. The van der Waals surface area contributed by atoms with Gasteiger partial charge in [-0.2, -0.15) is 0 Å². The van der Waals surface area contributed by atoms with Crippen LogP contribution in [0.25, 0.3) is 0 Å². The second kappa shape index (κ2) is 12.4. The summed E-state index contributed by atoms with van der Waals surface area (Å²) in [6.45, 7) is 0.790. The first-order valence-electron chi connectivity index (χ1n) is 12.0. The highest BCUT2D eigenvalue weighted by atomic mass is 19.1. The molecule has 4 aromatic rings. The number of carbonyl (C=O) groups is 2. The molecule has 0 bridgehead atoms. The normalized spacial score (nSPS) is 10.5. The molecule has 7 heteroatoms. The van der Waals surface area contributed by atoms with Crippen LogP contribution >= 0.6 is 0 Å². The van der Waals surface area contributed by atoms with E-state index in [1.807, 2.05) is 54.6 Å². The number of hydrogen-bond donors (Lipinski definition) is 1. The number of amides is 2. The van der Waals surface area contributed by atoms with Crippen LogP contribution in [-0.2, 0) is 24.2 Å². The number of aromatic nitrogens is 1. The molecule has 6 nitrogen and oxygen atoms in total. The number of pyridine rings is 1. The minimum Gasteiger partial charge on any atom is -0.497 e. The summed E-state index contributed by atoms with van der Waals surface area (Å²) in [6, 6.07) is 26.0. The predicted molar refractivity (Wildman–Crippen MR) is 141 cm³/mol. The maximum Gasteiger partial charge on any atom is 0.258 e. The first-order valence-corrected chi connectivity index (χ1v) is 12.0. The minimum absolute atomic E-state index is 0.0883. The van der Waals surface area contributed by atoms with E-state index in [4.69, 9.17) is 4.74 Å². The average Bonchev–Trinajstić information content (AvgIpc) is 2.93. The Morgan fingerprint density at radius 1 is 0.919 bits per heavy atom. The molecule has 0 spiro atoms. The van der Waals surface area contributed by atoms with Crippen LogP contribution in [0.2, 0.25) is 0 Å². The van der Waals surface area contributed by atoms with Crippen molar-refractivity contribution in [2.75, 3.05) is 18.6 Å². The zero-order valence-corrected chi connectivity index (χ0v) is 20.6. The molecule has 0 radical (unpaired) electrons. The molecule has 0 aliphatic carbocycles. The Balaban J connectivity index is 1.45. The molecule has 0 aliphatic rings. The number of rotatable bonds is 10. The van der Waals surface area contributed by atoms with Crippen molar-refractivity contribution in [3.8, 4) is 5.75 Å². The minimum atomic E-state index is -0.473. The van der Waals surface area contributed by atoms with Crippen LogP contribution in [0.1, 0.15) is 27.2 Å². The zero-order chi connectivity index (χ0) is 26.0. The quantitative estimate of drug-likeness (QED) is 0.336.